The average molecular weight is 350 g/mol. The molecule has 0 atom stereocenters. The molecule has 0 radical (unpaired) electrons. The van der Waals surface area contributed by atoms with E-state index in [4.69, 9.17) is 0 Å². The van der Waals surface area contributed by atoms with Crippen molar-refractivity contribution in [3.63, 3.8) is 0 Å². The van der Waals surface area contributed by atoms with Gasteiger partial charge in [0, 0.05) is 18.5 Å². The number of carbonyl (C=O) groups is 3. The van der Waals surface area contributed by atoms with Crippen molar-refractivity contribution < 1.29 is 19.5 Å². The summed E-state index contributed by atoms with van der Waals surface area (Å²) in [7, 11) is 0. The zero-order valence-electron chi connectivity index (χ0n) is 13.4. The fourth-order valence-electron chi connectivity index (χ4n) is 2.58. The Morgan fingerprint density at radius 1 is 1.12 bits per heavy atom. The predicted molar refractivity (Wildman–Crippen MR) is 93.1 cm³/mol. The van der Waals surface area contributed by atoms with Gasteiger partial charge in [-0.25, -0.2) is 4.79 Å². The largest absolute Gasteiger partial charge is 0.480 e. The molecular formula is C17H22N2O4S. The van der Waals surface area contributed by atoms with Crippen LogP contribution in [0.25, 0.3) is 0 Å². The van der Waals surface area contributed by atoms with Crippen LogP contribution in [0.5, 0.6) is 0 Å². The van der Waals surface area contributed by atoms with E-state index < -0.39 is 11.5 Å². The highest BCUT2D eigenvalue weighted by Gasteiger charge is 2.40. The van der Waals surface area contributed by atoms with Gasteiger partial charge in [-0.1, -0.05) is 18.2 Å². The minimum absolute atomic E-state index is 0.178. The Hall–Kier alpha value is -2.02. The van der Waals surface area contributed by atoms with E-state index in [2.05, 4.69) is 10.6 Å². The maximum Gasteiger partial charge on any atom is 0.329 e. The van der Waals surface area contributed by atoms with E-state index in [-0.39, 0.29) is 18.2 Å². The SMILES string of the molecule is O=C(CCCNC(=O)c1ccccc1)NC1(C(=O)O)CCSCC1. The fraction of sp³-hybridized carbons (Fsp3) is 0.471. The van der Waals surface area contributed by atoms with Crippen LogP contribution in [0.15, 0.2) is 30.3 Å². The third-order valence-corrected chi connectivity index (χ3v) is 5.02. The standard InChI is InChI=1S/C17H22N2O4S/c20-14(19-17(16(22)23)8-11-24-12-9-17)7-4-10-18-15(21)13-5-2-1-3-6-13/h1-3,5-6H,4,7-12H2,(H,18,21)(H,19,20)(H,22,23). The van der Waals surface area contributed by atoms with Crippen molar-refractivity contribution in [2.45, 2.75) is 31.2 Å². The molecule has 0 bridgehead atoms. The van der Waals surface area contributed by atoms with E-state index in [1.165, 1.54) is 0 Å². The molecule has 0 spiro atoms. The first-order valence-corrected chi connectivity index (χ1v) is 9.14. The molecule has 0 unspecified atom stereocenters. The summed E-state index contributed by atoms with van der Waals surface area (Å²) in [6.45, 7) is 0.372. The Bertz CT molecular complexity index is 586. The molecule has 2 amide bonds. The first-order valence-electron chi connectivity index (χ1n) is 7.99. The summed E-state index contributed by atoms with van der Waals surface area (Å²) < 4.78 is 0. The molecule has 1 aromatic rings. The molecule has 6 nitrogen and oxygen atoms in total. The molecular weight excluding hydrogens is 328 g/mol. The number of hydrogen-bond donors (Lipinski definition) is 3. The number of carbonyl (C=O) groups excluding carboxylic acids is 2. The molecule has 1 aromatic carbocycles. The van der Waals surface area contributed by atoms with Gasteiger partial charge in [0.2, 0.25) is 5.91 Å². The van der Waals surface area contributed by atoms with Crippen LogP contribution in [-0.2, 0) is 9.59 Å². The molecule has 1 aliphatic heterocycles. The van der Waals surface area contributed by atoms with Crippen LogP contribution >= 0.6 is 11.8 Å². The van der Waals surface area contributed by atoms with Crippen LogP contribution in [0.2, 0.25) is 0 Å². The summed E-state index contributed by atoms with van der Waals surface area (Å²) in [4.78, 5) is 35.4. The van der Waals surface area contributed by atoms with Crippen molar-refractivity contribution in [3.8, 4) is 0 Å². The Balaban J connectivity index is 1.73. The van der Waals surface area contributed by atoms with E-state index in [9.17, 15) is 19.5 Å². The molecule has 0 aromatic heterocycles. The molecule has 130 valence electrons. The second-order valence-electron chi connectivity index (χ2n) is 5.77. The summed E-state index contributed by atoms with van der Waals surface area (Å²) >= 11 is 1.70. The second-order valence-corrected chi connectivity index (χ2v) is 7.00. The molecule has 1 heterocycles. The van der Waals surface area contributed by atoms with Gasteiger partial charge in [0.15, 0.2) is 0 Å². The van der Waals surface area contributed by atoms with E-state index in [1.54, 1.807) is 36.0 Å². The maximum atomic E-state index is 12.0. The molecule has 3 N–H and O–H groups in total. The lowest BCUT2D eigenvalue weighted by Crippen LogP contribution is -2.56. The summed E-state index contributed by atoms with van der Waals surface area (Å²) in [6.07, 6.45) is 1.55. The lowest BCUT2D eigenvalue weighted by molar-refractivity contribution is -0.148. The maximum absolute atomic E-state index is 12.0. The van der Waals surface area contributed by atoms with E-state index >= 15 is 0 Å². The van der Waals surface area contributed by atoms with Crippen LogP contribution in [-0.4, -0.2) is 46.5 Å². The Labute approximate surface area is 145 Å². The number of aliphatic carboxylic acids is 1. The van der Waals surface area contributed by atoms with Crippen LogP contribution in [0.4, 0.5) is 0 Å². The molecule has 1 aliphatic rings. The highest BCUT2D eigenvalue weighted by atomic mass is 32.2. The highest BCUT2D eigenvalue weighted by molar-refractivity contribution is 7.99. The number of thioether (sulfide) groups is 1. The van der Waals surface area contributed by atoms with Crippen molar-refractivity contribution in [1.29, 1.82) is 0 Å². The fourth-order valence-corrected chi connectivity index (χ4v) is 3.77. The quantitative estimate of drug-likeness (QED) is 0.650. The van der Waals surface area contributed by atoms with Gasteiger partial charge in [0.1, 0.15) is 5.54 Å². The molecule has 7 heteroatoms. The smallest absolute Gasteiger partial charge is 0.329 e. The number of amides is 2. The van der Waals surface area contributed by atoms with Crippen molar-refractivity contribution in [1.82, 2.24) is 10.6 Å². The number of nitrogens with one attached hydrogen (secondary N) is 2. The first-order chi connectivity index (χ1) is 11.5. The van der Waals surface area contributed by atoms with Gasteiger partial charge in [-0.3, -0.25) is 9.59 Å². The third-order valence-electron chi connectivity index (χ3n) is 4.04. The van der Waals surface area contributed by atoms with Gasteiger partial charge < -0.3 is 15.7 Å². The lowest BCUT2D eigenvalue weighted by atomic mass is 9.92. The van der Waals surface area contributed by atoms with Crippen LogP contribution in [0, 0.1) is 0 Å². The molecule has 0 saturated carbocycles. The normalized spacial score (nSPS) is 16.2. The van der Waals surface area contributed by atoms with Crippen LogP contribution < -0.4 is 10.6 Å². The lowest BCUT2D eigenvalue weighted by Gasteiger charge is -2.33. The van der Waals surface area contributed by atoms with Gasteiger partial charge in [-0.05, 0) is 42.9 Å². The van der Waals surface area contributed by atoms with E-state index in [0.717, 1.165) is 11.5 Å². The number of benzene rings is 1. The van der Waals surface area contributed by atoms with Gasteiger partial charge >= 0.3 is 5.97 Å². The number of carboxylic acid groups (broad SMARTS) is 1. The first kappa shape index (κ1) is 18.3. The molecule has 0 aliphatic carbocycles. The van der Waals surface area contributed by atoms with Crippen molar-refractivity contribution in [3.05, 3.63) is 35.9 Å². The third kappa shape index (κ3) is 4.99. The van der Waals surface area contributed by atoms with Crippen LogP contribution in [0.3, 0.4) is 0 Å². The van der Waals surface area contributed by atoms with Gasteiger partial charge in [-0.2, -0.15) is 11.8 Å². The zero-order chi connectivity index (χ0) is 17.4. The van der Waals surface area contributed by atoms with E-state index in [0.29, 0.717) is 31.4 Å². The molecule has 24 heavy (non-hydrogen) atoms. The molecule has 1 fully saturated rings. The summed E-state index contributed by atoms with van der Waals surface area (Å²) in [6, 6.07) is 8.86. The van der Waals surface area contributed by atoms with Gasteiger partial charge in [-0.15, -0.1) is 0 Å². The highest BCUT2D eigenvalue weighted by Crippen LogP contribution is 2.27. The molecule has 2 rings (SSSR count). The minimum Gasteiger partial charge on any atom is -0.480 e. The number of carboxylic acids is 1. The van der Waals surface area contributed by atoms with Gasteiger partial charge in [0.05, 0.1) is 0 Å². The van der Waals surface area contributed by atoms with Crippen molar-refractivity contribution in [2.24, 2.45) is 0 Å². The minimum atomic E-state index is -1.13. The van der Waals surface area contributed by atoms with E-state index in [1.807, 2.05) is 6.07 Å². The number of hydrogen-bond acceptors (Lipinski definition) is 4. The monoisotopic (exact) mass is 350 g/mol. The van der Waals surface area contributed by atoms with Crippen LogP contribution in [0.1, 0.15) is 36.0 Å². The zero-order valence-corrected chi connectivity index (χ0v) is 14.2. The topological polar surface area (TPSA) is 95.5 Å². The summed E-state index contributed by atoms with van der Waals surface area (Å²) in [5, 5.41) is 14.9. The van der Waals surface area contributed by atoms with Crippen molar-refractivity contribution in [2.75, 3.05) is 18.1 Å². The Kier molecular flexibility index (Phi) is 6.66. The average Bonchev–Trinajstić information content (AvgIpc) is 2.60. The summed E-state index contributed by atoms with van der Waals surface area (Å²) in [5.41, 5.74) is -0.554. The Morgan fingerprint density at radius 3 is 2.42 bits per heavy atom. The second kappa shape index (κ2) is 8.73. The molecule has 1 saturated heterocycles. The summed E-state index contributed by atoms with van der Waals surface area (Å²) in [5.74, 6) is 0.0495. The number of rotatable bonds is 7. The predicted octanol–water partition coefficient (Wildman–Crippen LogP) is 1.66. The van der Waals surface area contributed by atoms with Crippen molar-refractivity contribution >= 4 is 29.5 Å². The Morgan fingerprint density at radius 2 is 1.79 bits per heavy atom. The van der Waals surface area contributed by atoms with Gasteiger partial charge in [0.25, 0.3) is 5.91 Å².